The molecule has 5 heteroatoms. The van der Waals surface area contributed by atoms with Crippen molar-refractivity contribution < 1.29 is 19.1 Å². The van der Waals surface area contributed by atoms with E-state index in [0.29, 0.717) is 17.5 Å². The smallest absolute Gasteiger partial charge is 0.316 e. The Morgan fingerprint density at radius 1 is 1.04 bits per heavy atom. The van der Waals surface area contributed by atoms with Crippen LogP contribution in [0.1, 0.15) is 32.7 Å². The monoisotopic (exact) mass is 335 g/mol. The lowest BCUT2D eigenvalue weighted by Gasteiger charge is -2.19. The van der Waals surface area contributed by atoms with Gasteiger partial charge in [0.15, 0.2) is 0 Å². The van der Waals surface area contributed by atoms with E-state index in [9.17, 15) is 14.4 Å². The highest BCUT2D eigenvalue weighted by molar-refractivity contribution is 6.21. The second-order valence-electron chi connectivity index (χ2n) is 6.50. The second-order valence-corrected chi connectivity index (χ2v) is 6.50. The van der Waals surface area contributed by atoms with Crippen LogP contribution in [0.5, 0.6) is 0 Å². The van der Waals surface area contributed by atoms with Crippen LogP contribution >= 0.6 is 0 Å². The minimum absolute atomic E-state index is 0.135. The Bertz CT molecular complexity index is 841. The van der Waals surface area contributed by atoms with Gasteiger partial charge in [-0.1, -0.05) is 42.5 Å². The zero-order chi connectivity index (χ0) is 17.6. The lowest BCUT2D eigenvalue weighted by atomic mass is 9.93. The summed E-state index contributed by atoms with van der Waals surface area (Å²) in [5.41, 5.74) is 0.947. The molecule has 5 nitrogen and oxygen atoms in total. The third-order valence-electron chi connectivity index (χ3n) is 5.22. The third-order valence-corrected chi connectivity index (χ3v) is 5.22. The van der Waals surface area contributed by atoms with Crippen LogP contribution in [0.4, 0.5) is 0 Å². The predicted octanol–water partition coefficient (Wildman–Crippen LogP) is 2.41. The molecule has 2 aromatic rings. The Hall–Kier alpha value is -2.95. The van der Waals surface area contributed by atoms with E-state index in [4.69, 9.17) is 4.74 Å². The van der Waals surface area contributed by atoms with E-state index >= 15 is 0 Å². The van der Waals surface area contributed by atoms with Crippen LogP contribution in [0, 0.1) is 5.92 Å². The van der Waals surface area contributed by atoms with Gasteiger partial charge in [0.05, 0.1) is 23.7 Å². The van der Waals surface area contributed by atoms with Crippen molar-refractivity contribution >= 4 is 17.8 Å². The molecule has 1 saturated carbocycles. The summed E-state index contributed by atoms with van der Waals surface area (Å²) in [6.07, 6.45) is 0.567. The van der Waals surface area contributed by atoms with Gasteiger partial charge in [-0.05, 0) is 30.0 Å². The Balaban J connectivity index is 1.62. The van der Waals surface area contributed by atoms with E-state index in [1.807, 2.05) is 30.3 Å². The Morgan fingerprint density at radius 3 is 2.16 bits per heavy atom. The molecule has 1 aliphatic carbocycles. The SMILES string of the molecule is COC(=O)C1(c2ccccc2)CC1CN1C(=O)c2ccccc2C1=O. The lowest BCUT2D eigenvalue weighted by Crippen LogP contribution is -2.35. The molecule has 0 spiro atoms. The number of methoxy groups -OCH3 is 1. The number of amides is 2. The van der Waals surface area contributed by atoms with Crippen LogP contribution in [0.25, 0.3) is 0 Å². The molecule has 2 unspecified atom stereocenters. The molecule has 1 fully saturated rings. The molecule has 2 amide bonds. The number of ether oxygens (including phenoxy) is 1. The average Bonchev–Trinajstić information content (AvgIpc) is 3.34. The molecule has 0 aromatic heterocycles. The van der Waals surface area contributed by atoms with Crippen molar-refractivity contribution in [2.45, 2.75) is 11.8 Å². The van der Waals surface area contributed by atoms with Gasteiger partial charge in [0.2, 0.25) is 0 Å². The molecule has 25 heavy (non-hydrogen) atoms. The molecule has 4 rings (SSSR count). The van der Waals surface area contributed by atoms with E-state index in [2.05, 4.69) is 0 Å². The van der Waals surface area contributed by atoms with Gasteiger partial charge < -0.3 is 4.74 Å². The number of rotatable bonds is 4. The minimum atomic E-state index is -0.772. The van der Waals surface area contributed by atoms with Crippen molar-refractivity contribution in [3.05, 3.63) is 71.3 Å². The average molecular weight is 335 g/mol. The van der Waals surface area contributed by atoms with Crippen LogP contribution in [0.2, 0.25) is 0 Å². The molecular weight excluding hydrogens is 318 g/mol. The molecule has 0 radical (unpaired) electrons. The van der Waals surface area contributed by atoms with Gasteiger partial charge in [-0.2, -0.15) is 0 Å². The molecule has 2 aliphatic rings. The fraction of sp³-hybridized carbons (Fsp3) is 0.250. The zero-order valence-corrected chi connectivity index (χ0v) is 13.8. The number of carbonyl (C=O) groups is 3. The second kappa shape index (κ2) is 5.55. The number of nitrogens with zero attached hydrogens (tertiary/aromatic N) is 1. The van der Waals surface area contributed by atoms with Crippen molar-refractivity contribution in [2.24, 2.45) is 5.92 Å². The Labute approximate surface area is 145 Å². The zero-order valence-electron chi connectivity index (χ0n) is 13.8. The van der Waals surface area contributed by atoms with E-state index in [0.717, 1.165) is 5.56 Å². The summed E-state index contributed by atoms with van der Waals surface area (Å²) in [4.78, 5) is 38.8. The van der Waals surface area contributed by atoms with Crippen molar-refractivity contribution in [3.8, 4) is 0 Å². The molecule has 1 heterocycles. The van der Waals surface area contributed by atoms with Gasteiger partial charge in [-0.25, -0.2) is 0 Å². The first-order valence-corrected chi connectivity index (χ1v) is 8.18. The quantitative estimate of drug-likeness (QED) is 0.636. The summed E-state index contributed by atoms with van der Waals surface area (Å²) in [7, 11) is 1.37. The van der Waals surface area contributed by atoms with Crippen LogP contribution in [0.3, 0.4) is 0 Å². The molecule has 1 aliphatic heterocycles. The number of benzene rings is 2. The number of esters is 1. The largest absolute Gasteiger partial charge is 0.468 e. The standard InChI is InChI=1S/C20H17NO4/c1-25-19(24)20(13-7-3-2-4-8-13)11-14(20)12-21-17(22)15-9-5-6-10-16(15)18(21)23/h2-10,14H,11-12H2,1H3. The van der Waals surface area contributed by atoms with E-state index in [1.54, 1.807) is 24.3 Å². The summed E-state index contributed by atoms with van der Waals surface area (Å²) < 4.78 is 5.01. The van der Waals surface area contributed by atoms with E-state index in [1.165, 1.54) is 12.0 Å². The van der Waals surface area contributed by atoms with Gasteiger partial charge in [0.1, 0.15) is 0 Å². The van der Waals surface area contributed by atoms with Gasteiger partial charge in [-0.15, -0.1) is 0 Å². The van der Waals surface area contributed by atoms with Crippen LogP contribution < -0.4 is 0 Å². The van der Waals surface area contributed by atoms with Gasteiger partial charge >= 0.3 is 5.97 Å². The fourth-order valence-electron chi connectivity index (χ4n) is 3.81. The molecular formula is C20H17NO4. The van der Waals surface area contributed by atoms with Gasteiger partial charge in [0.25, 0.3) is 11.8 Å². The highest BCUT2D eigenvalue weighted by atomic mass is 16.5. The van der Waals surface area contributed by atoms with E-state index in [-0.39, 0.29) is 30.2 Å². The number of hydrogen-bond donors (Lipinski definition) is 0. The molecule has 126 valence electrons. The fourth-order valence-corrected chi connectivity index (χ4v) is 3.81. The first kappa shape index (κ1) is 15.6. The van der Waals surface area contributed by atoms with Crippen molar-refractivity contribution in [1.29, 1.82) is 0 Å². The molecule has 2 aromatic carbocycles. The van der Waals surface area contributed by atoms with E-state index < -0.39 is 5.41 Å². The third kappa shape index (κ3) is 2.19. The topological polar surface area (TPSA) is 63.7 Å². The van der Waals surface area contributed by atoms with Gasteiger partial charge in [-0.3, -0.25) is 19.3 Å². The lowest BCUT2D eigenvalue weighted by molar-refractivity contribution is -0.144. The molecule has 2 atom stereocenters. The number of fused-ring (bicyclic) bond motifs is 1. The first-order chi connectivity index (χ1) is 12.1. The van der Waals surface area contributed by atoms with Crippen LogP contribution in [-0.2, 0) is 14.9 Å². The van der Waals surface area contributed by atoms with Crippen molar-refractivity contribution in [3.63, 3.8) is 0 Å². The molecule has 0 saturated heterocycles. The maximum absolute atomic E-state index is 12.5. The van der Waals surface area contributed by atoms with Gasteiger partial charge in [0, 0.05) is 6.54 Å². The van der Waals surface area contributed by atoms with Crippen LogP contribution in [0.15, 0.2) is 54.6 Å². The predicted molar refractivity (Wildman–Crippen MR) is 90.1 cm³/mol. The maximum atomic E-state index is 12.5. The Morgan fingerprint density at radius 2 is 1.60 bits per heavy atom. The summed E-state index contributed by atoms with van der Waals surface area (Å²) in [5, 5.41) is 0. The van der Waals surface area contributed by atoms with Crippen molar-refractivity contribution in [2.75, 3.05) is 13.7 Å². The highest BCUT2D eigenvalue weighted by Crippen LogP contribution is 2.55. The number of imide groups is 1. The highest BCUT2D eigenvalue weighted by Gasteiger charge is 2.63. The summed E-state index contributed by atoms with van der Waals surface area (Å²) in [5.74, 6) is -1.04. The Kier molecular flexibility index (Phi) is 3.46. The minimum Gasteiger partial charge on any atom is -0.468 e. The van der Waals surface area contributed by atoms with Crippen LogP contribution in [-0.4, -0.2) is 36.3 Å². The first-order valence-electron chi connectivity index (χ1n) is 8.18. The maximum Gasteiger partial charge on any atom is 0.316 e. The normalized spacial score (nSPS) is 24.2. The molecule has 0 bridgehead atoms. The summed E-state index contributed by atoms with van der Waals surface area (Å²) >= 11 is 0. The number of carbonyl (C=O) groups excluding carboxylic acids is 3. The summed E-state index contributed by atoms with van der Waals surface area (Å²) in [6.45, 7) is 0.219. The summed E-state index contributed by atoms with van der Waals surface area (Å²) in [6, 6.07) is 16.2. The number of hydrogen-bond acceptors (Lipinski definition) is 4. The van der Waals surface area contributed by atoms with Crippen molar-refractivity contribution in [1.82, 2.24) is 4.90 Å². The molecule has 0 N–H and O–H groups in total.